The van der Waals surface area contributed by atoms with Gasteiger partial charge in [0.25, 0.3) is 0 Å². The number of amides is 2. The van der Waals surface area contributed by atoms with Crippen LogP contribution < -0.4 is 5.32 Å². The van der Waals surface area contributed by atoms with E-state index in [2.05, 4.69) is 72.5 Å². The van der Waals surface area contributed by atoms with E-state index < -0.39 is 22.9 Å². The minimum atomic E-state index is -1.16. The van der Waals surface area contributed by atoms with Crippen molar-refractivity contribution in [2.45, 2.75) is 158 Å². The smallest absolute Gasteiger partial charge is 0.318 e. The van der Waals surface area contributed by atoms with Crippen molar-refractivity contribution in [3.05, 3.63) is 11.1 Å². The number of ketones is 1. The number of Topliss-reactive ketones (excluding diaryl/α,β-unsaturated/α-hetero) is 1. The summed E-state index contributed by atoms with van der Waals surface area (Å²) in [5, 5.41) is 13.2. The van der Waals surface area contributed by atoms with Crippen molar-refractivity contribution >= 4 is 23.8 Å². The molecule has 292 valence electrons. The van der Waals surface area contributed by atoms with Crippen LogP contribution >= 0.6 is 0 Å². The standard InChI is InChI=1S/C43H69N3O6/c1-26(2)34-29(47)24-43(44-37(51)46-22-20-45(21-23-46)27(3)4)19-18-41(10)28(35(34)43)12-13-31-40(9)16-15-32(52-33(48)25-38(5,6)36(49)50)39(7,8)30(40)14-17-42(31,41)11/h26-27,30-32,34H,12-25H2,1-11H3,(H,44,51)(H,49,50)/t30-,31+,32-,34?,40-,41+,42+,43+/m0/s1. The van der Waals surface area contributed by atoms with Crippen molar-refractivity contribution in [2.75, 3.05) is 26.2 Å². The Morgan fingerprint density at radius 2 is 1.56 bits per heavy atom. The molecular weight excluding hydrogens is 654 g/mol. The number of carboxylic acid groups (broad SMARTS) is 1. The van der Waals surface area contributed by atoms with E-state index >= 15 is 0 Å². The lowest BCUT2D eigenvalue weighted by Crippen LogP contribution is -2.65. The molecule has 0 aromatic rings. The number of urea groups is 1. The summed E-state index contributed by atoms with van der Waals surface area (Å²) in [6.45, 7) is 27.2. The minimum Gasteiger partial charge on any atom is -0.481 e. The Balaban J connectivity index is 1.29. The summed E-state index contributed by atoms with van der Waals surface area (Å²) in [6, 6.07) is 0.451. The van der Waals surface area contributed by atoms with Gasteiger partial charge in [-0.1, -0.05) is 54.0 Å². The van der Waals surface area contributed by atoms with E-state index in [0.717, 1.165) is 64.5 Å². The molecule has 0 spiro atoms. The SMILES string of the molecule is CC(C)C1C(=O)C[C@]2(NC(=O)N3CCN(C(C)C)CC3)CC[C@]3(C)C(=C12)CC[C@@H]1[C@@]2(C)CC[C@H](OC(=O)CC(C)(C)C(=O)O)C(C)(C)[C@@H]2CC[C@]13C. The van der Waals surface area contributed by atoms with Gasteiger partial charge in [0.2, 0.25) is 0 Å². The van der Waals surface area contributed by atoms with Crippen LogP contribution in [0.2, 0.25) is 0 Å². The van der Waals surface area contributed by atoms with E-state index in [-0.39, 0.29) is 57.8 Å². The van der Waals surface area contributed by atoms with E-state index in [1.54, 1.807) is 13.8 Å². The normalized spacial score (nSPS) is 39.1. The molecule has 6 aliphatic rings. The van der Waals surface area contributed by atoms with Gasteiger partial charge in [0.15, 0.2) is 0 Å². The third kappa shape index (κ3) is 5.96. The summed E-state index contributed by atoms with van der Waals surface area (Å²) < 4.78 is 6.17. The van der Waals surface area contributed by atoms with Gasteiger partial charge in [-0.05, 0) is 119 Å². The van der Waals surface area contributed by atoms with Crippen molar-refractivity contribution in [3.8, 4) is 0 Å². The van der Waals surface area contributed by atoms with Gasteiger partial charge in [-0.2, -0.15) is 0 Å². The van der Waals surface area contributed by atoms with Crippen LogP contribution in [0.5, 0.6) is 0 Å². The van der Waals surface area contributed by atoms with E-state index in [1.165, 1.54) is 11.1 Å². The highest BCUT2D eigenvalue weighted by Gasteiger charge is 2.69. The highest BCUT2D eigenvalue weighted by atomic mass is 16.5. The highest BCUT2D eigenvalue weighted by molar-refractivity contribution is 5.92. The zero-order valence-corrected chi connectivity index (χ0v) is 34.2. The summed E-state index contributed by atoms with van der Waals surface area (Å²) in [4.78, 5) is 57.3. The number of nitrogens with one attached hydrogen (secondary N) is 1. The fourth-order valence-corrected chi connectivity index (χ4v) is 13.2. The number of fused-ring (bicyclic) bond motifs is 6. The first-order valence-corrected chi connectivity index (χ1v) is 20.5. The van der Waals surface area contributed by atoms with Gasteiger partial charge in [0, 0.05) is 50.0 Å². The summed E-state index contributed by atoms with van der Waals surface area (Å²) >= 11 is 0. The Labute approximate surface area is 313 Å². The van der Waals surface area contributed by atoms with E-state index in [4.69, 9.17) is 4.74 Å². The summed E-state index contributed by atoms with van der Waals surface area (Å²) in [5.74, 6) is -0.267. The molecule has 2 N–H and O–H groups in total. The number of esters is 1. The molecule has 1 heterocycles. The van der Waals surface area contributed by atoms with E-state index in [9.17, 15) is 24.3 Å². The zero-order valence-electron chi connectivity index (χ0n) is 34.2. The molecule has 2 amide bonds. The van der Waals surface area contributed by atoms with Crippen molar-refractivity contribution in [1.29, 1.82) is 0 Å². The monoisotopic (exact) mass is 724 g/mol. The second kappa shape index (κ2) is 13.1. The number of aliphatic carboxylic acids is 1. The maximum Gasteiger partial charge on any atom is 0.318 e. The number of ether oxygens (including phenoxy) is 1. The van der Waals surface area contributed by atoms with Crippen LogP contribution in [-0.2, 0) is 19.1 Å². The van der Waals surface area contributed by atoms with Crippen molar-refractivity contribution in [2.24, 2.45) is 50.7 Å². The number of piperazine rings is 1. The number of carboxylic acids is 1. The second-order valence-corrected chi connectivity index (χ2v) is 20.5. The lowest BCUT2D eigenvalue weighted by Gasteiger charge is -2.70. The average molecular weight is 724 g/mol. The van der Waals surface area contributed by atoms with Crippen LogP contribution in [0.4, 0.5) is 4.79 Å². The molecule has 0 aromatic carbocycles. The van der Waals surface area contributed by atoms with Crippen LogP contribution in [0.15, 0.2) is 11.1 Å². The number of rotatable bonds is 7. The minimum absolute atomic E-state index is 0.0125. The van der Waals surface area contributed by atoms with Gasteiger partial charge in [0.1, 0.15) is 11.9 Å². The maximum absolute atomic E-state index is 14.1. The van der Waals surface area contributed by atoms with Crippen LogP contribution in [0.25, 0.3) is 0 Å². The number of carbonyl (C=O) groups is 4. The first kappa shape index (κ1) is 39.3. The van der Waals surface area contributed by atoms with Crippen LogP contribution in [0.1, 0.15) is 140 Å². The third-order valence-electron chi connectivity index (χ3n) is 16.4. The predicted octanol–water partition coefficient (Wildman–Crippen LogP) is 7.87. The van der Waals surface area contributed by atoms with E-state index in [0.29, 0.717) is 37.4 Å². The highest BCUT2D eigenvalue weighted by Crippen LogP contribution is 2.75. The van der Waals surface area contributed by atoms with Gasteiger partial charge >= 0.3 is 18.0 Å². The van der Waals surface area contributed by atoms with Crippen molar-refractivity contribution in [1.82, 2.24) is 15.1 Å². The molecule has 5 fully saturated rings. The van der Waals surface area contributed by atoms with Gasteiger partial charge in [0.05, 0.1) is 17.4 Å². The molecule has 8 atom stereocenters. The quantitative estimate of drug-likeness (QED) is 0.203. The summed E-state index contributed by atoms with van der Waals surface area (Å²) in [5.41, 5.74) is 0.732. The molecule has 1 saturated heterocycles. The predicted molar refractivity (Wildman–Crippen MR) is 202 cm³/mol. The average Bonchev–Trinajstić information content (AvgIpc) is 3.34. The molecule has 0 radical (unpaired) electrons. The molecule has 9 heteroatoms. The molecule has 9 nitrogen and oxygen atoms in total. The Morgan fingerprint density at radius 1 is 0.904 bits per heavy atom. The first-order valence-electron chi connectivity index (χ1n) is 20.5. The Morgan fingerprint density at radius 3 is 2.15 bits per heavy atom. The zero-order chi connectivity index (χ0) is 38.4. The number of allylic oxidation sites excluding steroid dienone is 1. The topological polar surface area (TPSA) is 116 Å². The number of hydrogen-bond donors (Lipinski definition) is 2. The largest absolute Gasteiger partial charge is 0.481 e. The van der Waals surface area contributed by atoms with Crippen molar-refractivity contribution < 1.29 is 29.0 Å². The number of carbonyl (C=O) groups excluding carboxylic acids is 3. The molecule has 6 rings (SSSR count). The molecule has 1 aliphatic heterocycles. The maximum atomic E-state index is 14.1. The van der Waals surface area contributed by atoms with Crippen LogP contribution in [0, 0.1) is 50.7 Å². The van der Waals surface area contributed by atoms with Crippen LogP contribution in [-0.4, -0.2) is 82.5 Å². The lowest BCUT2D eigenvalue weighted by molar-refractivity contribution is -0.214. The van der Waals surface area contributed by atoms with Gasteiger partial charge in [-0.3, -0.25) is 19.3 Å². The molecule has 4 saturated carbocycles. The lowest BCUT2D eigenvalue weighted by atomic mass is 9.34. The Bertz CT molecular complexity index is 1510. The van der Waals surface area contributed by atoms with E-state index in [1.807, 2.05) is 4.90 Å². The molecule has 0 aromatic heterocycles. The Hall–Kier alpha value is -2.42. The first-order chi connectivity index (χ1) is 24.0. The van der Waals surface area contributed by atoms with Gasteiger partial charge < -0.3 is 20.1 Å². The number of nitrogens with zero attached hydrogens (tertiary/aromatic N) is 2. The molecule has 52 heavy (non-hydrogen) atoms. The number of hydrogen-bond acceptors (Lipinski definition) is 6. The Kier molecular flexibility index (Phi) is 9.91. The fourth-order valence-electron chi connectivity index (χ4n) is 13.2. The fraction of sp³-hybridized carbons (Fsp3) is 0.860. The summed E-state index contributed by atoms with van der Waals surface area (Å²) in [7, 11) is 0. The molecular formula is C43H69N3O6. The van der Waals surface area contributed by atoms with Crippen LogP contribution in [0.3, 0.4) is 0 Å². The van der Waals surface area contributed by atoms with Gasteiger partial charge in [-0.15, -0.1) is 0 Å². The summed E-state index contributed by atoms with van der Waals surface area (Å²) in [6.07, 6.45) is 7.67. The second-order valence-electron chi connectivity index (χ2n) is 20.5. The van der Waals surface area contributed by atoms with Crippen molar-refractivity contribution in [3.63, 3.8) is 0 Å². The molecule has 0 bridgehead atoms. The molecule has 1 unspecified atom stereocenters. The van der Waals surface area contributed by atoms with Gasteiger partial charge in [-0.25, -0.2) is 4.79 Å². The third-order valence-corrected chi connectivity index (χ3v) is 16.4. The molecule has 5 aliphatic carbocycles.